The molecule has 5 heteroatoms. The fraction of sp³-hybridized carbons (Fsp3) is 0.250. The molecule has 0 heterocycles. The van der Waals surface area contributed by atoms with Crippen LogP contribution in [0.3, 0.4) is 0 Å². The number of halogens is 2. The van der Waals surface area contributed by atoms with Gasteiger partial charge >= 0.3 is 7.69 Å². The van der Waals surface area contributed by atoms with Crippen molar-refractivity contribution in [2.45, 2.75) is 27.7 Å². The van der Waals surface area contributed by atoms with E-state index in [1.807, 2.05) is 52.0 Å². The van der Waals surface area contributed by atoms with Gasteiger partial charge in [-0.1, -0.05) is 23.2 Å². The van der Waals surface area contributed by atoms with Crippen LogP contribution in [0.4, 0.5) is 0 Å². The minimum absolute atomic E-state index is 0.697. The van der Waals surface area contributed by atoms with E-state index in [-0.39, 0.29) is 0 Å². The molecule has 0 amide bonds. The Kier molecular flexibility index (Phi) is 5.07. The summed E-state index contributed by atoms with van der Waals surface area (Å²) in [6.45, 7) is 7.78. The van der Waals surface area contributed by atoms with E-state index in [1.165, 1.54) is 7.69 Å². The average Bonchev–Trinajstić information content (AvgIpc) is 2.34. The summed E-state index contributed by atoms with van der Waals surface area (Å²) >= 11 is 12.0. The van der Waals surface area contributed by atoms with Crippen molar-refractivity contribution in [2.24, 2.45) is 0 Å². The van der Waals surface area contributed by atoms with Crippen LogP contribution in [0.1, 0.15) is 22.3 Å². The third-order valence-electron chi connectivity index (χ3n) is 3.18. The van der Waals surface area contributed by atoms with Crippen molar-refractivity contribution in [2.75, 3.05) is 0 Å². The predicted octanol–water partition coefficient (Wildman–Crippen LogP) is 5.22. The van der Waals surface area contributed by atoms with Gasteiger partial charge in [0.25, 0.3) is 0 Å². The van der Waals surface area contributed by atoms with Crippen LogP contribution >= 0.6 is 23.2 Å². The van der Waals surface area contributed by atoms with Gasteiger partial charge in [-0.05, 0) is 74.2 Å². The lowest BCUT2D eigenvalue weighted by atomic mass is 10.1. The molecule has 0 atom stereocenters. The number of aryl methyl sites for hydroxylation is 4. The number of rotatable bonds is 4. The molecule has 21 heavy (non-hydrogen) atoms. The van der Waals surface area contributed by atoms with Crippen molar-refractivity contribution < 1.29 is 9.31 Å². The molecular weight excluding hydrogens is 306 g/mol. The van der Waals surface area contributed by atoms with Crippen LogP contribution in [0.2, 0.25) is 10.0 Å². The van der Waals surface area contributed by atoms with Crippen LogP contribution in [0.15, 0.2) is 24.3 Å². The van der Waals surface area contributed by atoms with Crippen molar-refractivity contribution >= 4 is 30.9 Å². The first-order valence-corrected chi connectivity index (χ1v) is 7.32. The highest BCUT2D eigenvalue weighted by atomic mass is 35.5. The van der Waals surface area contributed by atoms with Gasteiger partial charge in [-0.15, -0.1) is 0 Å². The first kappa shape index (κ1) is 16.1. The fourth-order valence-electron chi connectivity index (χ4n) is 2.29. The molecule has 0 spiro atoms. The SMILES string of the molecule is Cc1cc(Cl)cc(C)c1O[B]Oc1c(C)cc(Cl)cc1C. The molecule has 0 bridgehead atoms. The van der Waals surface area contributed by atoms with E-state index in [4.69, 9.17) is 32.5 Å². The van der Waals surface area contributed by atoms with Gasteiger partial charge in [-0.3, -0.25) is 0 Å². The third kappa shape index (κ3) is 3.87. The topological polar surface area (TPSA) is 18.5 Å². The second-order valence-corrected chi connectivity index (χ2v) is 5.94. The summed E-state index contributed by atoms with van der Waals surface area (Å²) in [5, 5.41) is 1.39. The summed E-state index contributed by atoms with van der Waals surface area (Å²) in [6.07, 6.45) is 0. The van der Waals surface area contributed by atoms with Crippen molar-refractivity contribution in [1.82, 2.24) is 0 Å². The maximum absolute atomic E-state index is 6.00. The molecule has 0 saturated heterocycles. The van der Waals surface area contributed by atoms with Crippen LogP contribution in [0, 0.1) is 27.7 Å². The minimum Gasteiger partial charge on any atom is -0.526 e. The molecule has 1 radical (unpaired) electrons. The largest absolute Gasteiger partial charge is 0.658 e. The monoisotopic (exact) mass is 321 g/mol. The Morgan fingerprint density at radius 2 is 0.952 bits per heavy atom. The van der Waals surface area contributed by atoms with E-state index in [0.717, 1.165) is 33.8 Å². The molecule has 0 unspecified atom stereocenters. The first-order valence-electron chi connectivity index (χ1n) is 6.57. The van der Waals surface area contributed by atoms with Crippen LogP contribution < -0.4 is 9.31 Å². The van der Waals surface area contributed by atoms with E-state index in [9.17, 15) is 0 Å². The van der Waals surface area contributed by atoms with E-state index >= 15 is 0 Å². The molecule has 109 valence electrons. The Morgan fingerprint density at radius 1 is 0.667 bits per heavy atom. The molecule has 2 rings (SSSR count). The van der Waals surface area contributed by atoms with Crippen molar-refractivity contribution in [3.63, 3.8) is 0 Å². The van der Waals surface area contributed by atoms with Gasteiger partial charge in [-0.2, -0.15) is 0 Å². The van der Waals surface area contributed by atoms with Crippen LogP contribution in [0.25, 0.3) is 0 Å². The molecular formula is C16H16BCl2O2. The van der Waals surface area contributed by atoms with E-state index < -0.39 is 0 Å². The summed E-state index contributed by atoms with van der Waals surface area (Å²) in [5.74, 6) is 1.51. The highest BCUT2D eigenvalue weighted by molar-refractivity contribution is 6.31. The number of benzene rings is 2. The molecule has 0 aliphatic rings. The smallest absolute Gasteiger partial charge is 0.526 e. The summed E-state index contributed by atoms with van der Waals surface area (Å²) in [5.41, 5.74) is 3.85. The van der Waals surface area contributed by atoms with Crippen molar-refractivity contribution in [3.05, 3.63) is 56.6 Å². The zero-order valence-corrected chi connectivity index (χ0v) is 14.0. The summed E-state index contributed by atoms with van der Waals surface area (Å²) < 4.78 is 11.3. The first-order chi connectivity index (χ1) is 9.88. The second-order valence-electron chi connectivity index (χ2n) is 5.07. The van der Waals surface area contributed by atoms with Gasteiger partial charge in [-0.25, -0.2) is 0 Å². The number of hydrogen-bond donors (Lipinski definition) is 0. The fourth-order valence-corrected chi connectivity index (χ4v) is 2.94. The molecule has 0 N–H and O–H groups in total. The Bertz CT molecular complexity index is 568. The average molecular weight is 322 g/mol. The van der Waals surface area contributed by atoms with Gasteiger partial charge < -0.3 is 9.31 Å². The lowest BCUT2D eigenvalue weighted by Gasteiger charge is -2.14. The van der Waals surface area contributed by atoms with Crippen LogP contribution in [0.5, 0.6) is 11.5 Å². The van der Waals surface area contributed by atoms with E-state index in [2.05, 4.69) is 0 Å². The van der Waals surface area contributed by atoms with Gasteiger partial charge in [0.15, 0.2) is 0 Å². The Morgan fingerprint density at radius 3 is 1.24 bits per heavy atom. The highest BCUT2D eigenvalue weighted by Gasteiger charge is 2.11. The summed E-state index contributed by atoms with van der Waals surface area (Å²) in [4.78, 5) is 0. The molecule has 0 aliphatic carbocycles. The maximum Gasteiger partial charge on any atom is 0.658 e. The lowest BCUT2D eigenvalue weighted by molar-refractivity contribution is 0.451. The van der Waals surface area contributed by atoms with E-state index in [0.29, 0.717) is 10.0 Å². The minimum atomic E-state index is 0.697. The maximum atomic E-state index is 6.00. The molecule has 2 nitrogen and oxygen atoms in total. The third-order valence-corrected chi connectivity index (χ3v) is 3.62. The summed E-state index contributed by atoms with van der Waals surface area (Å²) in [7, 11) is 1.34. The van der Waals surface area contributed by atoms with Crippen molar-refractivity contribution in [3.8, 4) is 11.5 Å². The van der Waals surface area contributed by atoms with Crippen LogP contribution in [-0.2, 0) is 0 Å². The predicted molar refractivity (Wildman–Crippen MR) is 88.9 cm³/mol. The van der Waals surface area contributed by atoms with Gasteiger partial charge in [0, 0.05) is 10.0 Å². The Hall–Kier alpha value is -1.32. The molecule has 0 aliphatic heterocycles. The quantitative estimate of drug-likeness (QED) is 0.719. The zero-order chi connectivity index (χ0) is 15.6. The molecule has 2 aromatic carbocycles. The molecule has 2 aromatic rings. The number of hydrogen-bond acceptors (Lipinski definition) is 2. The highest BCUT2D eigenvalue weighted by Crippen LogP contribution is 2.29. The molecule has 0 aromatic heterocycles. The standard InChI is InChI=1S/C16H16BCl2O2/c1-9-5-13(18)6-10(2)15(9)20-17-21-16-11(3)7-14(19)8-12(16)4/h5-8H,1-4H3. The molecule has 0 saturated carbocycles. The van der Waals surface area contributed by atoms with Gasteiger partial charge in [0.1, 0.15) is 11.5 Å². The van der Waals surface area contributed by atoms with Crippen molar-refractivity contribution in [1.29, 1.82) is 0 Å². The second kappa shape index (κ2) is 6.63. The van der Waals surface area contributed by atoms with Crippen LogP contribution in [-0.4, -0.2) is 7.69 Å². The molecule has 0 fully saturated rings. The summed E-state index contributed by atoms with van der Waals surface area (Å²) in [6, 6.07) is 7.43. The Labute approximate surface area is 136 Å². The van der Waals surface area contributed by atoms with E-state index in [1.54, 1.807) is 0 Å². The van der Waals surface area contributed by atoms with Gasteiger partial charge in [0.05, 0.1) is 0 Å². The Balaban J connectivity index is 2.09. The lowest BCUT2D eigenvalue weighted by Crippen LogP contribution is -2.13. The normalized spacial score (nSPS) is 10.4. The van der Waals surface area contributed by atoms with Gasteiger partial charge in [0.2, 0.25) is 0 Å². The zero-order valence-electron chi connectivity index (χ0n) is 12.5.